The number of aromatic nitrogens is 1. The van der Waals surface area contributed by atoms with Crippen molar-refractivity contribution in [2.75, 3.05) is 7.05 Å². The molecule has 2 atom stereocenters. The van der Waals surface area contributed by atoms with E-state index < -0.39 is 0 Å². The summed E-state index contributed by atoms with van der Waals surface area (Å²) in [6.07, 6.45) is 2.82. The topological polar surface area (TPSA) is 48.1 Å². The minimum Gasteiger partial charge on any atom is -0.361 e. The van der Waals surface area contributed by atoms with E-state index in [-0.39, 0.29) is 23.5 Å². The predicted molar refractivity (Wildman–Crippen MR) is 84.9 cm³/mol. The first-order chi connectivity index (χ1) is 9.88. The number of H-pyrrole nitrogens is 1. The summed E-state index contributed by atoms with van der Waals surface area (Å²) >= 11 is 0. The van der Waals surface area contributed by atoms with Gasteiger partial charge in [-0.05, 0) is 23.5 Å². The van der Waals surface area contributed by atoms with E-state index in [1.54, 1.807) is 0 Å². The summed E-state index contributed by atoms with van der Waals surface area (Å²) in [5, 5.41) is 4.70. The molecule has 1 aromatic carbocycles. The van der Waals surface area contributed by atoms with Crippen molar-refractivity contribution in [2.24, 2.45) is 5.41 Å². The minimum atomic E-state index is -0.140. The maximum absolute atomic E-state index is 12.5. The van der Waals surface area contributed by atoms with Crippen LogP contribution in [0.3, 0.4) is 0 Å². The minimum absolute atomic E-state index is 0.0272. The molecule has 1 fully saturated rings. The van der Waals surface area contributed by atoms with Crippen LogP contribution in [-0.4, -0.2) is 35.0 Å². The third-order valence-electron chi connectivity index (χ3n) is 4.31. The number of aromatic amines is 1. The number of likely N-dealkylation sites (N-methyl/N-ethyl adjacent to an activating group) is 1. The van der Waals surface area contributed by atoms with Crippen LogP contribution in [0.5, 0.6) is 0 Å². The highest BCUT2D eigenvalue weighted by molar-refractivity contribution is 5.87. The van der Waals surface area contributed by atoms with Crippen molar-refractivity contribution in [3.63, 3.8) is 0 Å². The zero-order valence-electron chi connectivity index (χ0n) is 13.1. The first-order valence-electron chi connectivity index (χ1n) is 7.45. The Hall–Kier alpha value is -1.81. The first kappa shape index (κ1) is 14.1. The molecule has 1 aromatic heterocycles. The van der Waals surface area contributed by atoms with Gasteiger partial charge in [-0.3, -0.25) is 10.1 Å². The Bertz CT molecular complexity index is 668. The Morgan fingerprint density at radius 2 is 1.95 bits per heavy atom. The van der Waals surface area contributed by atoms with Crippen molar-refractivity contribution in [1.82, 2.24) is 15.2 Å². The van der Waals surface area contributed by atoms with Gasteiger partial charge in [-0.15, -0.1) is 0 Å². The lowest BCUT2D eigenvalue weighted by molar-refractivity contribution is -0.129. The van der Waals surface area contributed by atoms with Crippen LogP contribution in [0.25, 0.3) is 10.9 Å². The van der Waals surface area contributed by atoms with E-state index in [0.29, 0.717) is 0 Å². The Labute approximate surface area is 125 Å². The van der Waals surface area contributed by atoms with Crippen LogP contribution >= 0.6 is 0 Å². The summed E-state index contributed by atoms with van der Waals surface area (Å²) in [6.45, 7) is 6.47. The lowest BCUT2D eigenvalue weighted by Crippen LogP contribution is -2.45. The quantitative estimate of drug-likeness (QED) is 0.890. The van der Waals surface area contributed by atoms with E-state index >= 15 is 0 Å². The van der Waals surface area contributed by atoms with E-state index in [1.807, 2.05) is 30.3 Å². The van der Waals surface area contributed by atoms with Crippen LogP contribution in [0, 0.1) is 5.41 Å². The normalized spacial score (nSPS) is 23.2. The van der Waals surface area contributed by atoms with Crippen molar-refractivity contribution in [3.05, 3.63) is 36.0 Å². The van der Waals surface area contributed by atoms with Gasteiger partial charge in [0, 0.05) is 24.1 Å². The van der Waals surface area contributed by atoms with Gasteiger partial charge in [-0.25, -0.2) is 0 Å². The third-order valence-corrected chi connectivity index (χ3v) is 4.31. The fraction of sp³-hybridized carbons (Fsp3) is 0.471. The first-order valence-corrected chi connectivity index (χ1v) is 7.45. The summed E-state index contributed by atoms with van der Waals surface area (Å²) in [5.41, 5.74) is 2.34. The largest absolute Gasteiger partial charge is 0.361 e. The van der Waals surface area contributed by atoms with E-state index in [0.717, 1.165) is 11.9 Å². The van der Waals surface area contributed by atoms with Gasteiger partial charge >= 0.3 is 0 Å². The number of carbonyl (C=O) groups is 1. The van der Waals surface area contributed by atoms with Gasteiger partial charge in [-0.1, -0.05) is 39.0 Å². The van der Waals surface area contributed by atoms with Crippen LogP contribution in [0.4, 0.5) is 0 Å². The van der Waals surface area contributed by atoms with Crippen molar-refractivity contribution >= 4 is 16.8 Å². The number of nitrogens with zero attached hydrogens (tertiary/aromatic N) is 1. The molecule has 3 rings (SSSR count). The summed E-state index contributed by atoms with van der Waals surface area (Å²) in [4.78, 5) is 17.6. The monoisotopic (exact) mass is 285 g/mol. The van der Waals surface area contributed by atoms with E-state index in [9.17, 15) is 4.79 Å². The number of carbonyl (C=O) groups excluding carboxylic acids is 1. The van der Waals surface area contributed by atoms with E-state index in [2.05, 4.69) is 43.2 Å². The highest BCUT2D eigenvalue weighted by atomic mass is 16.2. The molecule has 1 amide bonds. The van der Waals surface area contributed by atoms with Gasteiger partial charge in [0.15, 0.2) is 0 Å². The summed E-state index contributed by atoms with van der Waals surface area (Å²) in [5.74, 6) is 0.181. The third kappa shape index (κ3) is 2.44. The highest BCUT2D eigenvalue weighted by Gasteiger charge is 2.42. The lowest BCUT2D eigenvalue weighted by Gasteiger charge is -2.32. The molecular formula is C17H23N3O. The second-order valence-electron chi connectivity index (χ2n) is 7.00. The fourth-order valence-corrected chi connectivity index (χ4v) is 3.24. The second kappa shape index (κ2) is 4.88. The maximum atomic E-state index is 12.5. The molecule has 2 aromatic rings. The number of para-hydroxylation sites is 1. The van der Waals surface area contributed by atoms with E-state index in [4.69, 9.17) is 0 Å². The number of hydrogen-bond donors (Lipinski definition) is 2. The van der Waals surface area contributed by atoms with Crippen LogP contribution in [0.2, 0.25) is 0 Å². The Kier molecular flexibility index (Phi) is 3.29. The number of fused-ring (bicyclic) bond motifs is 1. The lowest BCUT2D eigenvalue weighted by atomic mass is 9.92. The van der Waals surface area contributed by atoms with Gasteiger partial charge in [0.05, 0.1) is 12.2 Å². The van der Waals surface area contributed by atoms with Gasteiger partial charge in [0.25, 0.3) is 0 Å². The molecule has 2 heterocycles. The van der Waals surface area contributed by atoms with Gasteiger partial charge in [-0.2, -0.15) is 0 Å². The smallest absolute Gasteiger partial charge is 0.241 e. The van der Waals surface area contributed by atoms with Crippen molar-refractivity contribution in [3.8, 4) is 0 Å². The molecule has 2 N–H and O–H groups in total. The zero-order chi connectivity index (χ0) is 15.2. The molecule has 1 aliphatic heterocycles. The molecule has 1 saturated heterocycles. The van der Waals surface area contributed by atoms with Gasteiger partial charge < -0.3 is 9.88 Å². The molecule has 0 bridgehead atoms. The summed E-state index contributed by atoms with van der Waals surface area (Å²) in [6, 6.07) is 8.08. The standard InChI is InChI=1S/C17H23N3O/c1-17(2,3)16-19-14(15(21)20(16)4)9-11-10-18-13-8-6-5-7-12(11)13/h5-8,10,14,16,18-19H,9H2,1-4H3/t14-,16-/m1/s1. The number of nitrogens with one attached hydrogen (secondary N) is 2. The predicted octanol–water partition coefficient (Wildman–Crippen LogP) is 2.51. The Morgan fingerprint density at radius 3 is 2.62 bits per heavy atom. The molecule has 1 aliphatic rings. The van der Waals surface area contributed by atoms with Crippen LogP contribution < -0.4 is 5.32 Å². The summed E-state index contributed by atoms with van der Waals surface area (Å²) < 4.78 is 0. The molecule has 0 spiro atoms. The van der Waals surface area contributed by atoms with Gasteiger partial charge in [0.1, 0.15) is 0 Å². The van der Waals surface area contributed by atoms with Crippen molar-refractivity contribution < 1.29 is 4.79 Å². The average Bonchev–Trinajstić information content (AvgIpc) is 2.95. The molecule has 4 nitrogen and oxygen atoms in total. The number of benzene rings is 1. The molecule has 112 valence electrons. The molecule has 0 radical (unpaired) electrons. The number of rotatable bonds is 2. The maximum Gasteiger partial charge on any atom is 0.241 e. The highest BCUT2D eigenvalue weighted by Crippen LogP contribution is 2.28. The molecule has 0 aliphatic carbocycles. The molecule has 0 unspecified atom stereocenters. The Morgan fingerprint density at radius 1 is 1.24 bits per heavy atom. The average molecular weight is 285 g/mol. The van der Waals surface area contributed by atoms with Crippen LogP contribution in [0.1, 0.15) is 26.3 Å². The van der Waals surface area contributed by atoms with Crippen molar-refractivity contribution in [2.45, 2.75) is 39.4 Å². The second-order valence-corrected chi connectivity index (χ2v) is 7.00. The Balaban J connectivity index is 1.84. The van der Waals surface area contributed by atoms with Gasteiger partial charge in [0.2, 0.25) is 5.91 Å². The summed E-state index contributed by atoms with van der Waals surface area (Å²) in [7, 11) is 1.89. The zero-order valence-corrected chi connectivity index (χ0v) is 13.1. The van der Waals surface area contributed by atoms with Crippen LogP contribution in [0.15, 0.2) is 30.5 Å². The molecule has 4 heteroatoms. The number of amides is 1. The molecule has 0 saturated carbocycles. The van der Waals surface area contributed by atoms with E-state index in [1.165, 1.54) is 10.9 Å². The number of hydrogen-bond acceptors (Lipinski definition) is 2. The van der Waals surface area contributed by atoms with Crippen LogP contribution in [-0.2, 0) is 11.2 Å². The molecule has 21 heavy (non-hydrogen) atoms. The fourth-order valence-electron chi connectivity index (χ4n) is 3.24. The molecular weight excluding hydrogens is 262 g/mol. The SMILES string of the molecule is CN1C(=O)[C@@H](Cc2c[nH]c3ccccc23)N[C@H]1C(C)(C)C. The van der Waals surface area contributed by atoms with Crippen molar-refractivity contribution in [1.29, 1.82) is 0 Å².